The topological polar surface area (TPSA) is 59.4 Å². The summed E-state index contributed by atoms with van der Waals surface area (Å²) in [5.41, 5.74) is 1.96. The zero-order valence-corrected chi connectivity index (χ0v) is 8.56. The molecule has 4 nitrogen and oxygen atoms in total. The summed E-state index contributed by atoms with van der Waals surface area (Å²) in [6.45, 7) is 2.39. The SMILES string of the molecule is CC(Cc1cc2c(cn1)OCC2)C(=O)O. The Balaban J connectivity index is 2.13. The molecule has 1 aromatic rings. The van der Waals surface area contributed by atoms with Crippen LogP contribution in [0.5, 0.6) is 5.75 Å². The van der Waals surface area contributed by atoms with E-state index in [2.05, 4.69) is 4.98 Å². The molecular weight excluding hydrogens is 194 g/mol. The minimum Gasteiger partial charge on any atom is -0.491 e. The molecule has 80 valence electrons. The number of nitrogens with zero attached hydrogens (tertiary/aromatic N) is 1. The maximum absolute atomic E-state index is 10.7. The van der Waals surface area contributed by atoms with Gasteiger partial charge in [-0.15, -0.1) is 0 Å². The Hall–Kier alpha value is -1.58. The summed E-state index contributed by atoms with van der Waals surface area (Å²) in [5, 5.41) is 8.78. The molecule has 0 fully saturated rings. The Morgan fingerprint density at radius 2 is 2.53 bits per heavy atom. The van der Waals surface area contributed by atoms with Crippen molar-refractivity contribution in [1.29, 1.82) is 0 Å². The number of hydrogen-bond acceptors (Lipinski definition) is 3. The van der Waals surface area contributed by atoms with Crippen LogP contribution in [0.25, 0.3) is 0 Å². The number of rotatable bonds is 3. The van der Waals surface area contributed by atoms with Crippen molar-refractivity contribution in [3.8, 4) is 5.75 Å². The minimum absolute atomic E-state index is 0.391. The van der Waals surface area contributed by atoms with Gasteiger partial charge in [0, 0.05) is 24.1 Å². The van der Waals surface area contributed by atoms with Gasteiger partial charge >= 0.3 is 5.97 Å². The van der Waals surface area contributed by atoms with Crippen molar-refractivity contribution in [3.05, 3.63) is 23.5 Å². The van der Waals surface area contributed by atoms with Crippen LogP contribution < -0.4 is 4.74 Å². The smallest absolute Gasteiger partial charge is 0.306 e. The van der Waals surface area contributed by atoms with E-state index in [1.807, 2.05) is 6.07 Å². The standard InChI is InChI=1S/C11H13NO3/c1-7(11(13)14)4-9-5-8-2-3-15-10(8)6-12-9/h5-7H,2-4H2,1H3,(H,13,14). The van der Waals surface area contributed by atoms with Crippen molar-refractivity contribution in [2.24, 2.45) is 5.92 Å². The van der Waals surface area contributed by atoms with Crippen molar-refractivity contribution in [2.75, 3.05) is 6.61 Å². The highest BCUT2D eigenvalue weighted by Gasteiger charge is 2.16. The van der Waals surface area contributed by atoms with Crippen molar-refractivity contribution < 1.29 is 14.6 Å². The van der Waals surface area contributed by atoms with E-state index in [0.717, 1.165) is 23.4 Å². The molecule has 1 aromatic heterocycles. The second-order valence-corrected chi connectivity index (χ2v) is 3.83. The second-order valence-electron chi connectivity index (χ2n) is 3.83. The van der Waals surface area contributed by atoms with E-state index in [-0.39, 0.29) is 0 Å². The first-order valence-corrected chi connectivity index (χ1v) is 5.00. The number of ether oxygens (including phenoxy) is 1. The number of carboxylic acids is 1. The average molecular weight is 207 g/mol. The molecule has 4 heteroatoms. The first-order valence-electron chi connectivity index (χ1n) is 5.00. The van der Waals surface area contributed by atoms with Gasteiger partial charge in [0.1, 0.15) is 5.75 Å². The number of aromatic nitrogens is 1. The third kappa shape index (κ3) is 2.09. The Kier molecular flexibility index (Phi) is 2.58. The number of pyridine rings is 1. The number of carbonyl (C=O) groups is 1. The summed E-state index contributed by atoms with van der Waals surface area (Å²) in [6, 6.07) is 1.95. The highest BCUT2D eigenvalue weighted by Crippen LogP contribution is 2.24. The third-order valence-electron chi connectivity index (χ3n) is 2.57. The Bertz CT molecular complexity index is 389. The zero-order valence-electron chi connectivity index (χ0n) is 8.56. The van der Waals surface area contributed by atoms with Crippen molar-refractivity contribution in [1.82, 2.24) is 4.98 Å². The van der Waals surface area contributed by atoms with Gasteiger partial charge in [0.2, 0.25) is 0 Å². The highest BCUT2D eigenvalue weighted by atomic mass is 16.5. The minimum atomic E-state index is -0.784. The van der Waals surface area contributed by atoms with Gasteiger partial charge in [-0.1, -0.05) is 6.92 Å². The van der Waals surface area contributed by atoms with E-state index in [4.69, 9.17) is 9.84 Å². The molecule has 0 bridgehead atoms. The molecule has 15 heavy (non-hydrogen) atoms. The number of carboxylic acid groups (broad SMARTS) is 1. The van der Waals surface area contributed by atoms with E-state index in [1.165, 1.54) is 0 Å². The molecule has 0 radical (unpaired) electrons. The predicted octanol–water partition coefficient (Wildman–Crippen LogP) is 1.28. The van der Waals surface area contributed by atoms with Gasteiger partial charge < -0.3 is 9.84 Å². The van der Waals surface area contributed by atoms with Gasteiger partial charge in [-0.2, -0.15) is 0 Å². The normalized spacial score (nSPS) is 15.5. The van der Waals surface area contributed by atoms with Crippen LogP contribution in [0.1, 0.15) is 18.2 Å². The molecule has 0 aliphatic carbocycles. The maximum atomic E-state index is 10.7. The molecule has 1 aliphatic heterocycles. The summed E-state index contributed by atoms with van der Waals surface area (Å²) < 4.78 is 5.33. The predicted molar refractivity (Wildman–Crippen MR) is 53.9 cm³/mol. The van der Waals surface area contributed by atoms with Gasteiger partial charge in [0.25, 0.3) is 0 Å². The lowest BCUT2D eigenvalue weighted by Crippen LogP contribution is -2.13. The number of hydrogen-bond donors (Lipinski definition) is 1. The molecule has 2 rings (SSSR count). The maximum Gasteiger partial charge on any atom is 0.306 e. The van der Waals surface area contributed by atoms with E-state index >= 15 is 0 Å². The summed E-state index contributed by atoms with van der Waals surface area (Å²) in [5.74, 6) is -0.340. The monoisotopic (exact) mass is 207 g/mol. The van der Waals surface area contributed by atoms with E-state index in [9.17, 15) is 4.79 Å². The van der Waals surface area contributed by atoms with Crippen molar-refractivity contribution >= 4 is 5.97 Å². The van der Waals surface area contributed by atoms with Crippen LogP contribution >= 0.6 is 0 Å². The van der Waals surface area contributed by atoms with Crippen LogP contribution in [-0.4, -0.2) is 22.7 Å². The highest BCUT2D eigenvalue weighted by molar-refractivity contribution is 5.69. The molecule has 0 aromatic carbocycles. The zero-order chi connectivity index (χ0) is 10.8. The summed E-state index contributed by atoms with van der Waals surface area (Å²) in [6.07, 6.45) is 3.06. The van der Waals surface area contributed by atoms with Crippen LogP contribution in [-0.2, 0) is 17.6 Å². The number of aliphatic carboxylic acids is 1. The van der Waals surface area contributed by atoms with E-state index < -0.39 is 11.9 Å². The van der Waals surface area contributed by atoms with Gasteiger partial charge in [-0.25, -0.2) is 0 Å². The molecule has 1 N–H and O–H groups in total. The molecule has 1 atom stereocenters. The fourth-order valence-electron chi connectivity index (χ4n) is 1.64. The average Bonchev–Trinajstić information content (AvgIpc) is 2.64. The summed E-state index contributed by atoms with van der Waals surface area (Å²) >= 11 is 0. The fraction of sp³-hybridized carbons (Fsp3) is 0.455. The van der Waals surface area contributed by atoms with Gasteiger partial charge in [0.05, 0.1) is 18.7 Å². The lowest BCUT2D eigenvalue weighted by atomic mass is 10.0. The Morgan fingerprint density at radius 1 is 1.73 bits per heavy atom. The van der Waals surface area contributed by atoms with Crippen LogP contribution in [0.4, 0.5) is 0 Å². The van der Waals surface area contributed by atoms with Gasteiger partial charge in [-0.05, 0) is 6.07 Å². The quantitative estimate of drug-likeness (QED) is 0.811. The molecule has 0 saturated carbocycles. The van der Waals surface area contributed by atoms with Crippen molar-refractivity contribution in [2.45, 2.75) is 19.8 Å². The van der Waals surface area contributed by atoms with Crippen molar-refractivity contribution in [3.63, 3.8) is 0 Å². The summed E-state index contributed by atoms with van der Waals surface area (Å²) in [7, 11) is 0. The fourth-order valence-corrected chi connectivity index (χ4v) is 1.64. The first kappa shape index (κ1) is 9.96. The lowest BCUT2D eigenvalue weighted by molar-refractivity contribution is -0.141. The molecule has 1 aliphatic rings. The number of fused-ring (bicyclic) bond motifs is 1. The molecular formula is C11H13NO3. The van der Waals surface area contributed by atoms with E-state index in [1.54, 1.807) is 13.1 Å². The Labute approximate surface area is 87.9 Å². The van der Waals surface area contributed by atoms with Gasteiger partial charge in [0.15, 0.2) is 0 Å². The van der Waals surface area contributed by atoms with E-state index in [0.29, 0.717) is 13.0 Å². The van der Waals surface area contributed by atoms with Crippen LogP contribution in [0.2, 0.25) is 0 Å². The Morgan fingerprint density at radius 3 is 3.27 bits per heavy atom. The second kappa shape index (κ2) is 3.88. The van der Waals surface area contributed by atoms with Crippen LogP contribution in [0.3, 0.4) is 0 Å². The van der Waals surface area contributed by atoms with Crippen LogP contribution in [0.15, 0.2) is 12.3 Å². The molecule has 0 saturated heterocycles. The van der Waals surface area contributed by atoms with Crippen LogP contribution in [0, 0.1) is 5.92 Å². The lowest BCUT2D eigenvalue weighted by Gasteiger charge is -2.06. The molecule has 0 amide bonds. The largest absolute Gasteiger partial charge is 0.491 e. The molecule has 1 unspecified atom stereocenters. The van der Waals surface area contributed by atoms with Gasteiger partial charge in [-0.3, -0.25) is 9.78 Å². The molecule has 2 heterocycles. The summed E-state index contributed by atoms with van der Waals surface area (Å²) in [4.78, 5) is 14.9. The first-order chi connectivity index (χ1) is 7.16. The molecule has 0 spiro atoms. The third-order valence-corrected chi connectivity index (χ3v) is 2.57.